The Morgan fingerprint density at radius 2 is 2.03 bits per heavy atom. The first kappa shape index (κ1) is 21.7. The molecule has 0 radical (unpaired) electrons. The van der Waals surface area contributed by atoms with E-state index < -0.39 is 23.8 Å². The molecule has 0 fully saturated rings. The van der Waals surface area contributed by atoms with Gasteiger partial charge in [-0.05, 0) is 38.5 Å². The molecule has 3 aromatic rings. The summed E-state index contributed by atoms with van der Waals surface area (Å²) in [5.41, 5.74) is 1.55. The van der Waals surface area contributed by atoms with Crippen molar-refractivity contribution in [2.45, 2.75) is 38.6 Å². The minimum atomic E-state index is -1.63. The lowest BCUT2D eigenvalue weighted by Gasteiger charge is -2.23. The van der Waals surface area contributed by atoms with Gasteiger partial charge in [0.2, 0.25) is 0 Å². The minimum absolute atomic E-state index is 0.213. The van der Waals surface area contributed by atoms with E-state index in [4.69, 9.17) is 0 Å². The molecule has 160 valence electrons. The fourth-order valence-electron chi connectivity index (χ4n) is 2.92. The first-order valence-electron chi connectivity index (χ1n) is 9.65. The number of aromatic nitrogens is 3. The first-order chi connectivity index (χ1) is 14.2. The van der Waals surface area contributed by atoms with E-state index in [1.165, 1.54) is 20.0 Å². The highest BCUT2D eigenvalue weighted by Gasteiger charge is 2.27. The lowest BCUT2D eigenvalue weighted by molar-refractivity contribution is -0.00177. The summed E-state index contributed by atoms with van der Waals surface area (Å²) in [5, 5.41) is 32.5. The van der Waals surface area contributed by atoms with Crippen LogP contribution in [0.3, 0.4) is 0 Å². The van der Waals surface area contributed by atoms with E-state index in [1.807, 2.05) is 18.2 Å². The predicted octanol–water partition coefficient (Wildman–Crippen LogP) is 2.26. The summed E-state index contributed by atoms with van der Waals surface area (Å²) >= 11 is 0. The number of pyridine rings is 1. The van der Waals surface area contributed by atoms with Crippen LogP contribution in [-0.4, -0.2) is 62.3 Å². The predicted molar refractivity (Wildman–Crippen MR) is 113 cm³/mol. The quantitative estimate of drug-likeness (QED) is 0.385. The second-order valence-corrected chi connectivity index (χ2v) is 7.83. The molecule has 2 atom stereocenters. The Balaban J connectivity index is 1.99. The van der Waals surface area contributed by atoms with Gasteiger partial charge in [0.1, 0.15) is 6.17 Å². The van der Waals surface area contributed by atoms with Crippen molar-refractivity contribution in [1.29, 1.82) is 0 Å². The van der Waals surface area contributed by atoms with Crippen molar-refractivity contribution in [1.82, 2.24) is 20.5 Å². The van der Waals surface area contributed by atoms with E-state index in [0.717, 1.165) is 11.1 Å². The third kappa shape index (κ3) is 4.92. The highest BCUT2D eigenvalue weighted by molar-refractivity contribution is 6.07. The van der Waals surface area contributed by atoms with Crippen LogP contribution in [0.25, 0.3) is 22.0 Å². The zero-order chi connectivity index (χ0) is 21.9. The Kier molecular flexibility index (Phi) is 6.33. The number of anilines is 1. The molecule has 9 heteroatoms. The SMILES string of the molecule is CC(O)CNc1c(C(=O)NC[C@@H](F)C(C)(C)O)cnc2ccc(-c3cn[nH]c3)cc12. The van der Waals surface area contributed by atoms with Gasteiger partial charge in [-0.25, -0.2) is 4.39 Å². The summed E-state index contributed by atoms with van der Waals surface area (Å²) in [6, 6.07) is 5.61. The number of hydrogen-bond acceptors (Lipinski definition) is 6. The number of halogens is 1. The highest BCUT2D eigenvalue weighted by atomic mass is 19.1. The second-order valence-electron chi connectivity index (χ2n) is 7.83. The largest absolute Gasteiger partial charge is 0.392 e. The molecule has 0 spiro atoms. The number of amides is 1. The molecule has 1 unspecified atom stereocenters. The van der Waals surface area contributed by atoms with Crippen LogP contribution in [0.5, 0.6) is 0 Å². The number of carbonyl (C=O) groups excluding carboxylic acids is 1. The van der Waals surface area contributed by atoms with Crippen molar-refractivity contribution in [3.63, 3.8) is 0 Å². The number of nitrogens with one attached hydrogen (secondary N) is 3. The molecule has 2 aromatic heterocycles. The molecule has 2 heterocycles. The normalized spacial score (nSPS) is 13.8. The maximum atomic E-state index is 14.1. The maximum Gasteiger partial charge on any atom is 0.255 e. The number of aromatic amines is 1. The lowest BCUT2D eigenvalue weighted by atomic mass is 10.0. The number of rotatable bonds is 8. The van der Waals surface area contributed by atoms with Crippen LogP contribution in [0.15, 0.2) is 36.8 Å². The molecule has 0 aliphatic carbocycles. The minimum Gasteiger partial charge on any atom is -0.392 e. The van der Waals surface area contributed by atoms with E-state index in [0.29, 0.717) is 16.6 Å². The van der Waals surface area contributed by atoms with Crippen molar-refractivity contribution >= 4 is 22.5 Å². The van der Waals surface area contributed by atoms with Crippen LogP contribution in [0.4, 0.5) is 10.1 Å². The molecule has 8 nitrogen and oxygen atoms in total. The van der Waals surface area contributed by atoms with Gasteiger partial charge in [0.15, 0.2) is 0 Å². The number of fused-ring (bicyclic) bond motifs is 1. The Labute approximate surface area is 173 Å². The summed E-state index contributed by atoms with van der Waals surface area (Å²) in [7, 11) is 0. The molecule has 0 saturated carbocycles. The fraction of sp³-hybridized carbons (Fsp3) is 0.381. The maximum absolute atomic E-state index is 14.1. The van der Waals surface area contributed by atoms with Gasteiger partial charge < -0.3 is 20.8 Å². The van der Waals surface area contributed by atoms with Crippen molar-refractivity contribution < 1.29 is 19.4 Å². The zero-order valence-corrected chi connectivity index (χ0v) is 17.1. The standard InChI is InChI=1S/C21H26FN5O3/c1-12(28)7-24-19-15-6-13(14-8-26-27-9-14)4-5-17(15)23-10-16(19)20(29)25-11-18(22)21(2,3)30/h4-6,8-10,12,18,28,30H,7,11H2,1-3H3,(H,23,24)(H,25,29)(H,26,27)/t12?,18-/m1/s1. The van der Waals surface area contributed by atoms with Crippen molar-refractivity contribution in [3.8, 4) is 11.1 Å². The monoisotopic (exact) mass is 415 g/mol. The Hall–Kier alpha value is -3.04. The number of alkyl halides is 1. The van der Waals surface area contributed by atoms with Gasteiger partial charge in [-0.1, -0.05) is 6.07 Å². The average molecular weight is 415 g/mol. The van der Waals surface area contributed by atoms with Crippen LogP contribution in [0.1, 0.15) is 31.1 Å². The molecular formula is C21H26FN5O3. The Morgan fingerprint density at radius 3 is 2.67 bits per heavy atom. The summed E-state index contributed by atoms with van der Waals surface area (Å²) < 4.78 is 14.1. The van der Waals surface area contributed by atoms with Gasteiger partial charge >= 0.3 is 0 Å². The van der Waals surface area contributed by atoms with E-state index >= 15 is 0 Å². The molecule has 1 aromatic carbocycles. The van der Waals surface area contributed by atoms with E-state index in [2.05, 4.69) is 25.8 Å². The van der Waals surface area contributed by atoms with Crippen LogP contribution in [0, 0.1) is 0 Å². The molecular weight excluding hydrogens is 389 g/mol. The van der Waals surface area contributed by atoms with Crippen molar-refractivity contribution in [2.24, 2.45) is 0 Å². The molecule has 5 N–H and O–H groups in total. The molecule has 1 amide bonds. The van der Waals surface area contributed by atoms with Gasteiger partial charge in [0, 0.05) is 29.9 Å². The molecule has 3 rings (SSSR count). The van der Waals surface area contributed by atoms with Gasteiger partial charge in [-0.2, -0.15) is 5.10 Å². The van der Waals surface area contributed by atoms with Gasteiger partial charge in [-0.15, -0.1) is 0 Å². The molecule has 30 heavy (non-hydrogen) atoms. The number of H-pyrrole nitrogens is 1. The summed E-state index contributed by atoms with van der Waals surface area (Å²) in [6.07, 6.45) is 2.58. The van der Waals surface area contributed by atoms with Gasteiger partial charge in [0.25, 0.3) is 5.91 Å². The smallest absolute Gasteiger partial charge is 0.255 e. The van der Waals surface area contributed by atoms with Crippen LogP contribution < -0.4 is 10.6 Å². The number of benzene rings is 1. The van der Waals surface area contributed by atoms with Crippen LogP contribution in [0.2, 0.25) is 0 Å². The number of carbonyl (C=O) groups is 1. The first-order valence-corrected chi connectivity index (χ1v) is 9.65. The molecule has 0 bridgehead atoms. The van der Waals surface area contributed by atoms with Gasteiger partial charge in [-0.3, -0.25) is 14.9 Å². The summed E-state index contributed by atoms with van der Waals surface area (Å²) in [5.74, 6) is -0.530. The molecule has 0 aliphatic heterocycles. The third-order valence-electron chi connectivity index (χ3n) is 4.73. The number of aliphatic hydroxyl groups excluding tert-OH is 1. The number of nitrogens with zero attached hydrogens (tertiary/aromatic N) is 2. The van der Waals surface area contributed by atoms with Gasteiger partial charge in [0.05, 0.1) is 41.2 Å². The number of aliphatic hydroxyl groups is 2. The Morgan fingerprint density at radius 1 is 1.27 bits per heavy atom. The topological polar surface area (TPSA) is 123 Å². The second kappa shape index (κ2) is 8.76. The fourth-order valence-corrected chi connectivity index (χ4v) is 2.92. The average Bonchev–Trinajstić information content (AvgIpc) is 3.23. The lowest BCUT2D eigenvalue weighted by Crippen LogP contribution is -2.42. The van der Waals surface area contributed by atoms with Crippen LogP contribution in [-0.2, 0) is 0 Å². The summed E-state index contributed by atoms with van der Waals surface area (Å²) in [6.45, 7) is 4.18. The van der Waals surface area contributed by atoms with Crippen molar-refractivity contribution in [2.75, 3.05) is 18.4 Å². The summed E-state index contributed by atoms with van der Waals surface area (Å²) in [4.78, 5) is 17.1. The Bertz CT molecular complexity index is 1020. The van der Waals surface area contributed by atoms with Crippen molar-refractivity contribution in [3.05, 3.63) is 42.4 Å². The highest BCUT2D eigenvalue weighted by Crippen LogP contribution is 2.30. The van der Waals surface area contributed by atoms with E-state index in [9.17, 15) is 19.4 Å². The molecule has 0 saturated heterocycles. The zero-order valence-electron chi connectivity index (χ0n) is 17.1. The van der Waals surface area contributed by atoms with E-state index in [-0.39, 0.29) is 18.7 Å². The molecule has 0 aliphatic rings. The van der Waals surface area contributed by atoms with E-state index in [1.54, 1.807) is 19.3 Å². The third-order valence-corrected chi connectivity index (χ3v) is 4.73. The van der Waals surface area contributed by atoms with Crippen LogP contribution >= 0.6 is 0 Å². The number of hydrogen-bond donors (Lipinski definition) is 5.